The highest BCUT2D eigenvalue weighted by Crippen LogP contribution is 2.28. The fourth-order valence-electron chi connectivity index (χ4n) is 4.15. The van der Waals surface area contributed by atoms with Crippen molar-refractivity contribution < 1.29 is 18.7 Å². The molecule has 0 aliphatic rings. The van der Waals surface area contributed by atoms with Crippen molar-refractivity contribution in [3.8, 4) is 16.9 Å². The molecule has 0 bridgehead atoms. The number of carbonyl (C=O) groups is 2. The Hall–Kier alpha value is -4.57. The first-order valence-electron chi connectivity index (χ1n) is 12.2. The van der Waals surface area contributed by atoms with E-state index in [1.54, 1.807) is 37.5 Å². The van der Waals surface area contributed by atoms with E-state index < -0.39 is 23.7 Å². The van der Waals surface area contributed by atoms with Crippen molar-refractivity contribution >= 4 is 34.9 Å². The number of ether oxygens (including phenoxy) is 1. The molecule has 198 valence electrons. The van der Waals surface area contributed by atoms with Crippen LogP contribution < -0.4 is 4.90 Å². The van der Waals surface area contributed by atoms with Gasteiger partial charge < -0.3 is 4.74 Å². The van der Waals surface area contributed by atoms with Crippen LogP contribution >= 0.6 is 11.6 Å². The van der Waals surface area contributed by atoms with Gasteiger partial charge >= 0.3 is 5.97 Å². The molecule has 1 amide bonds. The van der Waals surface area contributed by atoms with Crippen LogP contribution in [0.4, 0.5) is 10.2 Å². The standard InChI is InChI=1S/C28H24ClFN6O3/c1-4-39-28(38)22-16-35(20-9-6-18(7-10-20)24-15-25-31-12-5-13-34(25)32-24)33-26(22)36(17(2)3)27(37)21-11-8-19(29)14-23(21)30/h5-17H,4H2,1-3H3. The van der Waals surface area contributed by atoms with Crippen LogP contribution in [-0.2, 0) is 4.74 Å². The molecular formula is C28H24ClFN6O3. The average molecular weight is 547 g/mol. The number of anilines is 1. The molecule has 3 aromatic heterocycles. The van der Waals surface area contributed by atoms with Crippen molar-refractivity contribution in [3.05, 3.63) is 95.2 Å². The van der Waals surface area contributed by atoms with Crippen LogP contribution in [-0.4, -0.2) is 48.9 Å². The highest BCUT2D eigenvalue weighted by atomic mass is 35.5. The van der Waals surface area contributed by atoms with Gasteiger partial charge in [-0.1, -0.05) is 23.7 Å². The summed E-state index contributed by atoms with van der Waals surface area (Å²) >= 11 is 5.87. The van der Waals surface area contributed by atoms with Crippen molar-refractivity contribution in [2.45, 2.75) is 26.8 Å². The van der Waals surface area contributed by atoms with E-state index in [0.29, 0.717) is 5.69 Å². The largest absolute Gasteiger partial charge is 0.462 e. The highest BCUT2D eigenvalue weighted by Gasteiger charge is 2.31. The molecule has 3 heterocycles. The molecule has 11 heteroatoms. The second-order valence-corrected chi connectivity index (χ2v) is 9.36. The molecule has 0 aliphatic heterocycles. The number of fused-ring (bicyclic) bond motifs is 1. The third kappa shape index (κ3) is 5.10. The lowest BCUT2D eigenvalue weighted by Gasteiger charge is -2.25. The van der Waals surface area contributed by atoms with Crippen LogP contribution in [0.5, 0.6) is 0 Å². The fourth-order valence-corrected chi connectivity index (χ4v) is 4.31. The smallest absolute Gasteiger partial charge is 0.343 e. The van der Waals surface area contributed by atoms with E-state index >= 15 is 0 Å². The van der Waals surface area contributed by atoms with Crippen LogP contribution in [0.1, 0.15) is 41.5 Å². The monoisotopic (exact) mass is 546 g/mol. The Morgan fingerprint density at radius 1 is 1.08 bits per heavy atom. The summed E-state index contributed by atoms with van der Waals surface area (Å²) in [4.78, 5) is 32.0. The molecule has 0 unspecified atom stereocenters. The van der Waals surface area contributed by atoms with E-state index in [2.05, 4.69) is 15.2 Å². The van der Waals surface area contributed by atoms with Gasteiger partial charge in [0.25, 0.3) is 5.91 Å². The quantitative estimate of drug-likeness (QED) is 0.246. The van der Waals surface area contributed by atoms with Gasteiger partial charge in [0.05, 0.1) is 23.6 Å². The number of benzene rings is 2. The molecule has 0 radical (unpaired) electrons. The Morgan fingerprint density at radius 2 is 1.85 bits per heavy atom. The lowest BCUT2D eigenvalue weighted by atomic mass is 10.1. The third-order valence-electron chi connectivity index (χ3n) is 5.98. The Balaban J connectivity index is 1.54. The van der Waals surface area contributed by atoms with Crippen molar-refractivity contribution in [3.63, 3.8) is 0 Å². The Kier molecular flexibility index (Phi) is 7.12. The molecular weight excluding hydrogens is 523 g/mol. The van der Waals surface area contributed by atoms with Crippen molar-refractivity contribution in [2.75, 3.05) is 11.5 Å². The van der Waals surface area contributed by atoms with E-state index in [9.17, 15) is 14.0 Å². The van der Waals surface area contributed by atoms with Gasteiger partial charge in [-0.3, -0.25) is 9.69 Å². The Bertz CT molecular complexity index is 1650. The maximum Gasteiger partial charge on any atom is 0.343 e. The number of esters is 1. The summed E-state index contributed by atoms with van der Waals surface area (Å²) in [7, 11) is 0. The maximum atomic E-state index is 14.7. The summed E-state index contributed by atoms with van der Waals surface area (Å²) in [6.45, 7) is 5.31. The SMILES string of the molecule is CCOC(=O)c1cn(-c2ccc(-c3cc4ncccn4n3)cc2)nc1N(C(=O)c1ccc(Cl)cc1F)C(C)C. The highest BCUT2D eigenvalue weighted by molar-refractivity contribution is 6.30. The molecule has 5 rings (SSSR count). The summed E-state index contributed by atoms with van der Waals surface area (Å²) < 4.78 is 23.1. The lowest BCUT2D eigenvalue weighted by molar-refractivity contribution is 0.0527. The van der Waals surface area contributed by atoms with Crippen molar-refractivity contribution in [1.29, 1.82) is 0 Å². The third-order valence-corrected chi connectivity index (χ3v) is 6.21. The lowest BCUT2D eigenvalue weighted by Crippen LogP contribution is -2.39. The zero-order valence-corrected chi connectivity index (χ0v) is 22.1. The molecule has 0 fully saturated rings. The minimum absolute atomic E-state index is 0.0540. The fraction of sp³-hybridized carbons (Fsp3) is 0.179. The number of aromatic nitrogens is 5. The number of hydrogen-bond acceptors (Lipinski definition) is 6. The van der Waals surface area contributed by atoms with Crippen LogP contribution in [0.15, 0.2) is 73.2 Å². The van der Waals surface area contributed by atoms with Crippen LogP contribution in [0.2, 0.25) is 5.02 Å². The van der Waals surface area contributed by atoms with Gasteiger partial charge in [-0.15, -0.1) is 5.10 Å². The molecule has 0 aliphatic carbocycles. The summed E-state index contributed by atoms with van der Waals surface area (Å²) in [5.74, 6) is -2.03. The number of hydrogen-bond donors (Lipinski definition) is 0. The number of halogens is 2. The summed E-state index contributed by atoms with van der Waals surface area (Å²) in [5.41, 5.74) is 2.84. The number of nitrogens with zero attached hydrogens (tertiary/aromatic N) is 6. The molecule has 0 spiro atoms. The molecule has 39 heavy (non-hydrogen) atoms. The molecule has 0 atom stereocenters. The molecule has 9 nitrogen and oxygen atoms in total. The minimum atomic E-state index is -0.770. The summed E-state index contributed by atoms with van der Waals surface area (Å²) in [6.07, 6.45) is 5.02. The Labute approximate surface area is 228 Å². The van der Waals surface area contributed by atoms with Gasteiger partial charge in [-0.2, -0.15) is 5.10 Å². The zero-order valence-electron chi connectivity index (χ0n) is 21.4. The van der Waals surface area contributed by atoms with E-state index in [4.69, 9.17) is 16.3 Å². The molecule has 0 saturated heterocycles. The van der Waals surface area contributed by atoms with Gasteiger partial charge in [0.15, 0.2) is 11.5 Å². The molecule has 0 saturated carbocycles. The second kappa shape index (κ2) is 10.7. The zero-order chi connectivity index (χ0) is 27.7. The van der Waals surface area contributed by atoms with Gasteiger partial charge in [-0.05, 0) is 57.2 Å². The van der Waals surface area contributed by atoms with Crippen molar-refractivity contribution in [2.24, 2.45) is 0 Å². The van der Waals surface area contributed by atoms with E-state index in [-0.39, 0.29) is 28.6 Å². The number of rotatable bonds is 7. The minimum Gasteiger partial charge on any atom is -0.462 e. The topological polar surface area (TPSA) is 94.6 Å². The first kappa shape index (κ1) is 26.1. The number of carbonyl (C=O) groups excluding carboxylic acids is 2. The number of amides is 1. The van der Waals surface area contributed by atoms with Gasteiger partial charge in [0, 0.05) is 41.3 Å². The second-order valence-electron chi connectivity index (χ2n) is 8.92. The van der Waals surface area contributed by atoms with Gasteiger partial charge in [0.2, 0.25) is 0 Å². The maximum absolute atomic E-state index is 14.7. The van der Waals surface area contributed by atoms with Gasteiger partial charge in [-0.25, -0.2) is 23.4 Å². The van der Waals surface area contributed by atoms with E-state index in [0.717, 1.165) is 23.0 Å². The molecule has 0 N–H and O–H groups in total. The average Bonchev–Trinajstić information content (AvgIpc) is 3.54. The predicted octanol–water partition coefficient (Wildman–Crippen LogP) is 5.61. The first-order chi connectivity index (χ1) is 18.8. The summed E-state index contributed by atoms with van der Waals surface area (Å²) in [5, 5.41) is 9.28. The van der Waals surface area contributed by atoms with Crippen molar-refractivity contribution in [1.82, 2.24) is 24.4 Å². The summed E-state index contributed by atoms with van der Waals surface area (Å²) in [6, 6.07) is 14.4. The predicted molar refractivity (Wildman–Crippen MR) is 145 cm³/mol. The normalized spacial score (nSPS) is 11.2. The molecule has 5 aromatic rings. The van der Waals surface area contributed by atoms with Crippen LogP contribution in [0.25, 0.3) is 22.6 Å². The van der Waals surface area contributed by atoms with Crippen LogP contribution in [0, 0.1) is 5.82 Å². The van der Waals surface area contributed by atoms with Gasteiger partial charge in [0.1, 0.15) is 11.4 Å². The van der Waals surface area contributed by atoms with E-state index in [1.807, 2.05) is 36.5 Å². The van der Waals surface area contributed by atoms with Crippen LogP contribution in [0.3, 0.4) is 0 Å². The van der Waals surface area contributed by atoms with E-state index in [1.165, 1.54) is 27.9 Å². The molecule has 2 aromatic carbocycles. The first-order valence-corrected chi connectivity index (χ1v) is 12.6. The Morgan fingerprint density at radius 3 is 2.51 bits per heavy atom.